The summed E-state index contributed by atoms with van der Waals surface area (Å²) >= 11 is 1.43. The summed E-state index contributed by atoms with van der Waals surface area (Å²) < 4.78 is 20.8. The molecule has 6 nitrogen and oxygen atoms in total. The van der Waals surface area contributed by atoms with Crippen LogP contribution in [0, 0.1) is 5.82 Å². The molecule has 0 aliphatic carbocycles. The van der Waals surface area contributed by atoms with Crippen LogP contribution in [0.3, 0.4) is 0 Å². The van der Waals surface area contributed by atoms with Crippen molar-refractivity contribution in [3.05, 3.63) is 59.9 Å². The molecule has 1 saturated heterocycles. The molecule has 1 aromatic carbocycles. The molecule has 1 aliphatic rings. The SMILES string of the molecule is Cn1cnnc1Sc1ccc(CN2CC[C@@H](c3ccc(F)cc3)[C@H](O)C2)o1. The third kappa shape index (κ3) is 4.23. The number of furan rings is 1. The first-order valence-electron chi connectivity index (χ1n) is 8.85. The monoisotopic (exact) mass is 388 g/mol. The molecular formula is C19H21FN4O2S. The third-order valence-electron chi connectivity index (χ3n) is 4.84. The molecule has 1 N–H and O–H groups in total. The summed E-state index contributed by atoms with van der Waals surface area (Å²) in [5.41, 5.74) is 0.990. The maximum Gasteiger partial charge on any atom is 0.198 e. The zero-order valence-electron chi connectivity index (χ0n) is 15.0. The Morgan fingerprint density at radius 2 is 2.07 bits per heavy atom. The predicted octanol–water partition coefficient (Wildman–Crippen LogP) is 3.05. The highest BCUT2D eigenvalue weighted by atomic mass is 32.2. The number of piperidine rings is 1. The summed E-state index contributed by atoms with van der Waals surface area (Å²) in [7, 11) is 1.89. The van der Waals surface area contributed by atoms with Crippen LogP contribution in [0.15, 0.2) is 57.4 Å². The van der Waals surface area contributed by atoms with E-state index in [1.165, 1.54) is 23.9 Å². The normalized spacial score (nSPS) is 20.9. The summed E-state index contributed by atoms with van der Waals surface area (Å²) in [5.74, 6) is 0.645. The number of aliphatic hydroxyl groups is 1. The smallest absolute Gasteiger partial charge is 0.198 e. The van der Waals surface area contributed by atoms with Gasteiger partial charge in [0.2, 0.25) is 0 Å². The second kappa shape index (κ2) is 7.84. The molecule has 1 fully saturated rings. The average Bonchev–Trinajstić information content (AvgIpc) is 3.26. The van der Waals surface area contributed by atoms with E-state index in [0.29, 0.717) is 13.1 Å². The minimum Gasteiger partial charge on any atom is -0.453 e. The number of likely N-dealkylation sites (tertiary alicyclic amines) is 1. The van der Waals surface area contributed by atoms with Crippen molar-refractivity contribution in [2.75, 3.05) is 13.1 Å². The van der Waals surface area contributed by atoms with E-state index in [1.807, 2.05) is 23.7 Å². The lowest BCUT2D eigenvalue weighted by Crippen LogP contribution is -2.42. The number of aryl methyl sites for hydroxylation is 1. The largest absolute Gasteiger partial charge is 0.453 e. The van der Waals surface area contributed by atoms with E-state index in [9.17, 15) is 9.50 Å². The second-order valence-electron chi connectivity index (χ2n) is 6.80. The van der Waals surface area contributed by atoms with E-state index < -0.39 is 6.10 Å². The van der Waals surface area contributed by atoms with Crippen LogP contribution in [0.2, 0.25) is 0 Å². The van der Waals surface area contributed by atoms with Crippen molar-refractivity contribution in [2.45, 2.75) is 35.2 Å². The lowest BCUT2D eigenvalue weighted by atomic mass is 9.87. The quantitative estimate of drug-likeness (QED) is 0.725. The summed E-state index contributed by atoms with van der Waals surface area (Å²) in [5, 5.41) is 20.0. The van der Waals surface area contributed by atoms with Gasteiger partial charge in [0.25, 0.3) is 0 Å². The van der Waals surface area contributed by atoms with Crippen LogP contribution in [-0.2, 0) is 13.6 Å². The van der Waals surface area contributed by atoms with Crippen molar-refractivity contribution >= 4 is 11.8 Å². The molecule has 8 heteroatoms. The van der Waals surface area contributed by atoms with Crippen molar-refractivity contribution in [1.82, 2.24) is 19.7 Å². The maximum atomic E-state index is 13.1. The van der Waals surface area contributed by atoms with Crippen LogP contribution in [0.5, 0.6) is 0 Å². The molecule has 0 spiro atoms. The Kier molecular flexibility index (Phi) is 5.29. The van der Waals surface area contributed by atoms with Crippen molar-refractivity contribution in [2.24, 2.45) is 7.05 Å². The van der Waals surface area contributed by atoms with Crippen molar-refractivity contribution in [3.63, 3.8) is 0 Å². The van der Waals surface area contributed by atoms with Gasteiger partial charge in [0.1, 0.15) is 17.9 Å². The van der Waals surface area contributed by atoms with Gasteiger partial charge >= 0.3 is 0 Å². The van der Waals surface area contributed by atoms with Crippen LogP contribution in [-0.4, -0.2) is 44.0 Å². The van der Waals surface area contributed by atoms with Crippen LogP contribution >= 0.6 is 11.8 Å². The van der Waals surface area contributed by atoms with Crippen LogP contribution in [0.4, 0.5) is 4.39 Å². The number of hydrogen-bond donors (Lipinski definition) is 1. The minimum absolute atomic E-state index is 0.0421. The highest BCUT2D eigenvalue weighted by Gasteiger charge is 2.29. The first kappa shape index (κ1) is 18.2. The summed E-state index contributed by atoms with van der Waals surface area (Å²) in [4.78, 5) is 2.18. The topological polar surface area (TPSA) is 67.3 Å². The summed E-state index contributed by atoms with van der Waals surface area (Å²) in [6.07, 6.45) is 2.00. The zero-order chi connectivity index (χ0) is 18.8. The number of nitrogens with zero attached hydrogens (tertiary/aromatic N) is 4. The van der Waals surface area contributed by atoms with Crippen molar-refractivity contribution < 1.29 is 13.9 Å². The zero-order valence-corrected chi connectivity index (χ0v) is 15.8. The Morgan fingerprint density at radius 3 is 2.78 bits per heavy atom. The lowest BCUT2D eigenvalue weighted by Gasteiger charge is -2.35. The van der Waals surface area contributed by atoms with Gasteiger partial charge in [-0.05, 0) is 54.6 Å². The van der Waals surface area contributed by atoms with Gasteiger partial charge in [-0.2, -0.15) is 0 Å². The number of β-amino-alcohol motifs (C(OH)–C–C–N with tert-alkyl or cyclic N) is 1. The molecule has 27 heavy (non-hydrogen) atoms. The van der Waals surface area contributed by atoms with Crippen LogP contribution < -0.4 is 0 Å². The van der Waals surface area contributed by atoms with Gasteiger partial charge in [-0.25, -0.2) is 4.39 Å². The molecule has 3 aromatic rings. The Morgan fingerprint density at radius 1 is 1.26 bits per heavy atom. The van der Waals surface area contributed by atoms with Gasteiger partial charge in [0.15, 0.2) is 10.2 Å². The highest BCUT2D eigenvalue weighted by Crippen LogP contribution is 2.31. The summed E-state index contributed by atoms with van der Waals surface area (Å²) in [6, 6.07) is 10.3. The molecule has 4 rings (SSSR count). The molecule has 1 aliphatic heterocycles. The molecule has 2 atom stereocenters. The molecular weight excluding hydrogens is 367 g/mol. The van der Waals surface area contributed by atoms with E-state index in [1.54, 1.807) is 18.5 Å². The fourth-order valence-corrected chi connectivity index (χ4v) is 4.16. The maximum absolute atomic E-state index is 13.1. The van der Waals surface area contributed by atoms with Gasteiger partial charge in [0.05, 0.1) is 12.6 Å². The number of benzene rings is 1. The number of hydrogen-bond acceptors (Lipinski definition) is 6. The Labute approximate surface area is 161 Å². The van der Waals surface area contributed by atoms with E-state index in [2.05, 4.69) is 15.1 Å². The van der Waals surface area contributed by atoms with Gasteiger partial charge in [-0.3, -0.25) is 4.90 Å². The molecule has 2 aromatic heterocycles. The first-order chi connectivity index (χ1) is 13.1. The van der Waals surface area contributed by atoms with E-state index in [-0.39, 0.29) is 11.7 Å². The molecule has 0 amide bonds. The predicted molar refractivity (Wildman–Crippen MR) is 98.9 cm³/mol. The number of rotatable bonds is 5. The fraction of sp³-hybridized carbons (Fsp3) is 0.368. The molecule has 142 valence electrons. The second-order valence-corrected chi connectivity index (χ2v) is 7.77. The molecule has 0 radical (unpaired) electrons. The third-order valence-corrected chi connectivity index (χ3v) is 5.82. The van der Waals surface area contributed by atoms with Gasteiger partial charge in [-0.15, -0.1) is 10.2 Å². The fourth-order valence-electron chi connectivity index (χ4n) is 3.41. The van der Waals surface area contributed by atoms with Crippen LogP contribution in [0.1, 0.15) is 23.7 Å². The first-order valence-corrected chi connectivity index (χ1v) is 9.66. The highest BCUT2D eigenvalue weighted by molar-refractivity contribution is 7.99. The van der Waals surface area contributed by atoms with Gasteiger partial charge in [-0.1, -0.05) is 12.1 Å². The molecule has 3 heterocycles. The lowest BCUT2D eigenvalue weighted by molar-refractivity contribution is 0.0442. The van der Waals surface area contributed by atoms with Crippen molar-refractivity contribution in [1.29, 1.82) is 0 Å². The molecule has 0 unspecified atom stereocenters. The average molecular weight is 388 g/mol. The van der Waals surface area contributed by atoms with E-state index in [0.717, 1.165) is 34.5 Å². The summed E-state index contributed by atoms with van der Waals surface area (Å²) in [6.45, 7) is 2.06. The van der Waals surface area contributed by atoms with Crippen molar-refractivity contribution in [3.8, 4) is 0 Å². The standard InChI is InChI=1S/C19H21FN4O2S/c1-23-12-21-22-19(23)27-18-7-6-15(26-18)10-24-9-8-16(17(25)11-24)13-2-4-14(20)5-3-13/h2-7,12,16-17,25H,8-11H2,1H3/t16-,17+/m0/s1. The minimum atomic E-state index is -0.480. The Hall–Kier alpha value is -2.16. The number of halogens is 1. The van der Waals surface area contributed by atoms with Gasteiger partial charge in [0, 0.05) is 19.5 Å². The molecule has 0 bridgehead atoms. The molecule has 0 saturated carbocycles. The van der Waals surface area contributed by atoms with Gasteiger partial charge < -0.3 is 14.1 Å². The van der Waals surface area contributed by atoms with Crippen LogP contribution in [0.25, 0.3) is 0 Å². The Balaban J connectivity index is 1.35. The van der Waals surface area contributed by atoms with E-state index in [4.69, 9.17) is 4.42 Å². The Bertz CT molecular complexity index is 895. The number of aliphatic hydroxyl groups excluding tert-OH is 1. The van der Waals surface area contributed by atoms with E-state index >= 15 is 0 Å². The number of aromatic nitrogens is 3.